The number of carbonyl (C=O) groups excluding carboxylic acids is 1. The summed E-state index contributed by atoms with van der Waals surface area (Å²) in [6.07, 6.45) is -2.95. The number of benzene rings is 1. The molecule has 2 aromatic rings. The van der Waals surface area contributed by atoms with E-state index in [1.165, 1.54) is 0 Å². The van der Waals surface area contributed by atoms with Crippen LogP contribution < -0.4 is 5.32 Å². The number of hydrogen-bond acceptors (Lipinski definition) is 4. The highest BCUT2D eigenvalue weighted by Gasteiger charge is 2.61. The zero-order valence-electron chi connectivity index (χ0n) is 19.3. The van der Waals surface area contributed by atoms with Gasteiger partial charge in [-0.15, -0.1) is 23.5 Å². The van der Waals surface area contributed by atoms with Gasteiger partial charge in [-0.1, -0.05) is 32.9 Å². The van der Waals surface area contributed by atoms with Crippen molar-refractivity contribution in [1.29, 1.82) is 0 Å². The predicted molar refractivity (Wildman–Crippen MR) is 130 cm³/mol. The Bertz CT molecular complexity index is 1090. The molecule has 1 aromatic carbocycles. The number of likely N-dealkylation sites (N-methyl/N-ethyl adjacent to an activating group) is 1. The number of halogens is 3. The first-order valence-corrected chi connectivity index (χ1v) is 13.4. The molecule has 1 aromatic heterocycles. The number of piperidine rings is 1. The Morgan fingerprint density at radius 2 is 1.91 bits per heavy atom. The summed E-state index contributed by atoms with van der Waals surface area (Å²) in [5.74, 6) is 1.18. The molecule has 0 radical (unpaired) electrons. The number of fused-ring (bicyclic) bond motifs is 2. The number of aromatic nitrogens is 1. The first-order valence-electron chi connectivity index (χ1n) is 11.4. The van der Waals surface area contributed by atoms with Crippen molar-refractivity contribution in [2.75, 3.05) is 25.1 Å². The summed E-state index contributed by atoms with van der Waals surface area (Å²) in [4.78, 5) is 18.1. The monoisotopic (exact) mass is 497 g/mol. The molecule has 9 heteroatoms. The van der Waals surface area contributed by atoms with Gasteiger partial charge in [0.05, 0.1) is 5.69 Å². The molecule has 2 N–H and O–H groups in total. The number of amides is 1. The second-order valence-corrected chi connectivity index (χ2v) is 13.4. The van der Waals surface area contributed by atoms with Crippen LogP contribution in [0.2, 0.25) is 0 Å². The van der Waals surface area contributed by atoms with Crippen LogP contribution in [0.3, 0.4) is 0 Å². The Morgan fingerprint density at radius 3 is 2.55 bits per heavy atom. The SMILES string of the molecule is CN1C[C@@H](NC(=O)C(C)(C)C)C[C@@H]2c3cccc4[nH]c(C5(C(F)(F)F)SCCS5)c(c34)C[C@H]21. The van der Waals surface area contributed by atoms with Gasteiger partial charge in [0.1, 0.15) is 0 Å². The van der Waals surface area contributed by atoms with Crippen LogP contribution in [0.4, 0.5) is 13.2 Å². The van der Waals surface area contributed by atoms with Crippen molar-refractivity contribution in [3.05, 3.63) is 35.0 Å². The second kappa shape index (κ2) is 7.85. The first kappa shape index (κ1) is 23.4. The number of hydrogen-bond donors (Lipinski definition) is 2. The van der Waals surface area contributed by atoms with Crippen LogP contribution in [0.1, 0.15) is 49.9 Å². The first-order chi connectivity index (χ1) is 15.4. The molecule has 0 bridgehead atoms. The summed E-state index contributed by atoms with van der Waals surface area (Å²) in [7, 11) is 2.03. The van der Waals surface area contributed by atoms with Crippen LogP contribution >= 0.6 is 23.5 Å². The van der Waals surface area contributed by atoms with E-state index in [0.29, 0.717) is 30.2 Å². The molecular weight excluding hydrogens is 467 g/mol. The fourth-order valence-electron chi connectivity index (χ4n) is 5.68. The van der Waals surface area contributed by atoms with Crippen LogP contribution in [0.15, 0.2) is 18.2 Å². The summed E-state index contributed by atoms with van der Waals surface area (Å²) in [5.41, 5.74) is 2.59. The molecule has 1 amide bonds. The molecule has 2 saturated heterocycles. The van der Waals surface area contributed by atoms with Gasteiger partial charge in [0.25, 0.3) is 0 Å². The molecule has 180 valence electrons. The van der Waals surface area contributed by atoms with Gasteiger partial charge in [0.2, 0.25) is 5.91 Å². The summed E-state index contributed by atoms with van der Waals surface area (Å²) in [6, 6.07) is 6.03. The smallest absolute Gasteiger partial charge is 0.356 e. The molecule has 3 heterocycles. The fraction of sp³-hybridized carbons (Fsp3) is 0.625. The zero-order chi connectivity index (χ0) is 23.8. The van der Waals surface area contributed by atoms with Gasteiger partial charge in [0, 0.05) is 52.4 Å². The topological polar surface area (TPSA) is 48.1 Å². The number of carbonyl (C=O) groups is 1. The zero-order valence-corrected chi connectivity index (χ0v) is 20.9. The van der Waals surface area contributed by atoms with Crippen LogP contribution in [0.5, 0.6) is 0 Å². The van der Waals surface area contributed by atoms with E-state index in [0.717, 1.165) is 52.0 Å². The maximum Gasteiger partial charge on any atom is 0.417 e. The van der Waals surface area contributed by atoms with E-state index >= 15 is 0 Å². The van der Waals surface area contributed by atoms with Gasteiger partial charge < -0.3 is 15.2 Å². The average molecular weight is 498 g/mol. The van der Waals surface area contributed by atoms with Gasteiger partial charge in [-0.3, -0.25) is 4.79 Å². The number of alkyl halides is 3. The van der Waals surface area contributed by atoms with E-state index < -0.39 is 15.7 Å². The number of rotatable bonds is 2. The minimum atomic E-state index is -4.34. The Labute approximate surface area is 200 Å². The molecule has 3 aliphatic rings. The Balaban J connectivity index is 1.57. The van der Waals surface area contributed by atoms with Crippen molar-refractivity contribution < 1.29 is 18.0 Å². The van der Waals surface area contributed by atoms with Crippen LogP contribution in [0, 0.1) is 5.41 Å². The lowest BCUT2D eigenvalue weighted by molar-refractivity contribution is -0.139. The minimum absolute atomic E-state index is 0.0145. The number of nitrogens with one attached hydrogen (secondary N) is 2. The third-order valence-corrected chi connectivity index (χ3v) is 10.7. The summed E-state index contributed by atoms with van der Waals surface area (Å²) >= 11 is 2.02. The van der Waals surface area contributed by atoms with Crippen LogP contribution in [-0.4, -0.2) is 59.1 Å². The maximum absolute atomic E-state index is 14.4. The Hall–Kier alpha value is -1.32. The molecule has 0 saturated carbocycles. The lowest BCUT2D eigenvalue weighted by atomic mass is 9.73. The molecule has 0 unspecified atom stereocenters. The number of likely N-dealkylation sites (tertiary alicyclic amines) is 1. The van der Waals surface area contributed by atoms with Crippen molar-refractivity contribution in [2.24, 2.45) is 5.41 Å². The molecule has 3 atom stereocenters. The molecule has 4 nitrogen and oxygen atoms in total. The largest absolute Gasteiger partial charge is 0.417 e. The number of thioether (sulfide) groups is 2. The van der Waals surface area contributed by atoms with E-state index in [4.69, 9.17) is 0 Å². The number of H-pyrrole nitrogens is 1. The third kappa shape index (κ3) is 3.69. The molecule has 2 fully saturated rings. The minimum Gasteiger partial charge on any atom is -0.356 e. The van der Waals surface area contributed by atoms with E-state index in [-0.39, 0.29) is 23.9 Å². The van der Waals surface area contributed by atoms with E-state index in [1.807, 2.05) is 40.0 Å². The van der Waals surface area contributed by atoms with Gasteiger partial charge in [0.15, 0.2) is 4.08 Å². The number of aromatic amines is 1. The molecule has 0 spiro atoms. The van der Waals surface area contributed by atoms with Gasteiger partial charge in [-0.2, -0.15) is 13.2 Å². The normalized spacial score (nSPS) is 27.5. The van der Waals surface area contributed by atoms with E-state index in [9.17, 15) is 18.0 Å². The highest BCUT2D eigenvalue weighted by Crippen LogP contribution is 2.62. The van der Waals surface area contributed by atoms with E-state index in [1.54, 1.807) is 0 Å². The van der Waals surface area contributed by atoms with Crippen LogP contribution in [0.25, 0.3) is 10.9 Å². The van der Waals surface area contributed by atoms with Gasteiger partial charge in [-0.05, 0) is 37.1 Å². The summed E-state index contributed by atoms with van der Waals surface area (Å²) in [5, 5.41) is 4.17. The molecule has 33 heavy (non-hydrogen) atoms. The number of nitrogens with zero attached hydrogens (tertiary/aromatic N) is 1. The summed E-state index contributed by atoms with van der Waals surface area (Å²) in [6.45, 7) is 6.41. The lowest BCUT2D eigenvalue weighted by Crippen LogP contribution is -2.56. The van der Waals surface area contributed by atoms with Crippen molar-refractivity contribution in [2.45, 2.75) is 61.9 Å². The van der Waals surface area contributed by atoms with Crippen molar-refractivity contribution >= 4 is 40.3 Å². The van der Waals surface area contributed by atoms with Crippen molar-refractivity contribution in [1.82, 2.24) is 15.2 Å². The van der Waals surface area contributed by atoms with E-state index in [2.05, 4.69) is 21.3 Å². The molecule has 5 rings (SSSR count). The molecule has 2 aliphatic heterocycles. The molecular formula is C24H30F3N3OS2. The van der Waals surface area contributed by atoms with Gasteiger partial charge >= 0.3 is 6.18 Å². The van der Waals surface area contributed by atoms with Crippen molar-refractivity contribution in [3.63, 3.8) is 0 Å². The fourth-order valence-corrected chi connectivity index (χ4v) is 8.72. The predicted octanol–water partition coefficient (Wildman–Crippen LogP) is 5.24. The summed E-state index contributed by atoms with van der Waals surface area (Å²) < 4.78 is 41.4. The Morgan fingerprint density at radius 1 is 1.21 bits per heavy atom. The second-order valence-electron chi connectivity index (χ2n) is 10.5. The third-order valence-electron chi connectivity index (χ3n) is 7.26. The highest BCUT2D eigenvalue weighted by atomic mass is 32.2. The van der Waals surface area contributed by atoms with Gasteiger partial charge in [-0.25, -0.2) is 0 Å². The molecule has 1 aliphatic carbocycles. The van der Waals surface area contributed by atoms with Crippen LogP contribution in [-0.2, 0) is 15.3 Å². The lowest BCUT2D eigenvalue weighted by Gasteiger charge is -2.46. The highest BCUT2D eigenvalue weighted by molar-refractivity contribution is 8.20. The van der Waals surface area contributed by atoms with Crippen molar-refractivity contribution in [3.8, 4) is 0 Å². The maximum atomic E-state index is 14.4. The average Bonchev–Trinajstić information content (AvgIpc) is 3.35. The quantitative estimate of drug-likeness (QED) is 0.596. The standard InChI is InChI=1S/C24H30F3N3OS2/c1-22(2,3)21(31)28-13-10-15-14-6-5-7-17-19(14)16(11-18(15)30(4)12-13)20(29-17)23(24(25,26)27)32-8-9-33-23/h5-7,13,15,18,29H,8-12H2,1-4H3,(H,28,31)/t13-,15+,18+/m0/s1. The Kier molecular flexibility index (Phi) is 5.57.